The fourth-order valence-corrected chi connectivity index (χ4v) is 4.68. The number of aromatic nitrogens is 2. The average molecular weight is 426 g/mol. The maximum atomic E-state index is 12.8. The van der Waals surface area contributed by atoms with Crippen molar-refractivity contribution >= 4 is 28.8 Å². The quantitative estimate of drug-likeness (QED) is 0.575. The standard InChI is InChI=1S/C23H24ClN3OS/c1-16-25-20(15-29-16)13-23(28)27-11-5-7-18(14-27)22-10-4-8-19(26-22)12-17-6-2-3-9-21(17)24/h2-4,6,8-10,15,18H,5,7,11-14H2,1H3/t18-/m0/s1. The van der Waals surface area contributed by atoms with Crippen molar-refractivity contribution in [2.45, 2.75) is 38.5 Å². The number of hydrogen-bond donors (Lipinski definition) is 0. The molecule has 3 heterocycles. The highest BCUT2D eigenvalue weighted by atomic mass is 35.5. The summed E-state index contributed by atoms with van der Waals surface area (Å²) in [5.41, 5.74) is 4.03. The molecule has 2 aromatic heterocycles. The van der Waals surface area contributed by atoms with Crippen molar-refractivity contribution in [1.29, 1.82) is 0 Å². The van der Waals surface area contributed by atoms with E-state index in [2.05, 4.69) is 17.1 Å². The molecule has 150 valence electrons. The van der Waals surface area contributed by atoms with Gasteiger partial charge in [-0.3, -0.25) is 9.78 Å². The van der Waals surface area contributed by atoms with E-state index in [4.69, 9.17) is 16.6 Å². The zero-order valence-corrected chi connectivity index (χ0v) is 18.0. The lowest BCUT2D eigenvalue weighted by Gasteiger charge is -2.32. The second-order valence-electron chi connectivity index (χ2n) is 7.54. The van der Waals surface area contributed by atoms with Crippen LogP contribution in [-0.4, -0.2) is 33.9 Å². The van der Waals surface area contributed by atoms with Crippen LogP contribution in [0.5, 0.6) is 0 Å². The van der Waals surface area contributed by atoms with Crippen molar-refractivity contribution in [2.24, 2.45) is 0 Å². The number of carbonyl (C=O) groups is 1. The fourth-order valence-electron chi connectivity index (χ4n) is 3.86. The number of amides is 1. The molecule has 0 bridgehead atoms. The van der Waals surface area contributed by atoms with Crippen LogP contribution in [0.15, 0.2) is 47.8 Å². The Morgan fingerprint density at radius 1 is 1.17 bits per heavy atom. The van der Waals surface area contributed by atoms with Crippen LogP contribution in [0, 0.1) is 6.92 Å². The minimum absolute atomic E-state index is 0.159. The summed E-state index contributed by atoms with van der Waals surface area (Å²) >= 11 is 7.90. The van der Waals surface area contributed by atoms with Crippen LogP contribution in [0.3, 0.4) is 0 Å². The first-order chi connectivity index (χ1) is 14.1. The molecule has 1 aliphatic rings. The number of hydrogen-bond acceptors (Lipinski definition) is 4. The van der Waals surface area contributed by atoms with E-state index in [-0.39, 0.29) is 11.8 Å². The third-order valence-electron chi connectivity index (χ3n) is 5.35. The number of rotatable bonds is 5. The first-order valence-electron chi connectivity index (χ1n) is 9.96. The van der Waals surface area contributed by atoms with Gasteiger partial charge in [-0.2, -0.15) is 0 Å². The van der Waals surface area contributed by atoms with Gasteiger partial charge >= 0.3 is 0 Å². The molecular formula is C23H24ClN3OS. The number of piperidine rings is 1. The predicted molar refractivity (Wildman–Crippen MR) is 118 cm³/mol. The molecule has 0 spiro atoms. The van der Waals surface area contributed by atoms with E-state index in [0.29, 0.717) is 12.8 Å². The molecule has 0 N–H and O–H groups in total. The molecule has 1 atom stereocenters. The van der Waals surface area contributed by atoms with Crippen molar-refractivity contribution < 1.29 is 4.79 Å². The molecule has 1 amide bonds. The summed E-state index contributed by atoms with van der Waals surface area (Å²) in [5, 5.41) is 3.75. The predicted octanol–water partition coefficient (Wildman–Crippen LogP) is 5.04. The summed E-state index contributed by atoms with van der Waals surface area (Å²) in [5.74, 6) is 0.434. The van der Waals surface area contributed by atoms with E-state index in [0.717, 1.165) is 58.6 Å². The third-order valence-corrected chi connectivity index (χ3v) is 6.54. The Morgan fingerprint density at radius 2 is 2.03 bits per heavy atom. The zero-order valence-electron chi connectivity index (χ0n) is 16.5. The fraction of sp³-hybridized carbons (Fsp3) is 0.348. The second-order valence-corrected chi connectivity index (χ2v) is 9.00. The molecule has 0 saturated carbocycles. The summed E-state index contributed by atoms with van der Waals surface area (Å²) in [6, 6.07) is 14.1. The summed E-state index contributed by atoms with van der Waals surface area (Å²) < 4.78 is 0. The van der Waals surface area contributed by atoms with E-state index < -0.39 is 0 Å². The van der Waals surface area contributed by atoms with Gasteiger partial charge in [-0.1, -0.05) is 35.9 Å². The van der Waals surface area contributed by atoms with Gasteiger partial charge in [-0.05, 0) is 43.5 Å². The van der Waals surface area contributed by atoms with E-state index >= 15 is 0 Å². The van der Waals surface area contributed by atoms with Crippen LogP contribution >= 0.6 is 22.9 Å². The Morgan fingerprint density at radius 3 is 2.83 bits per heavy atom. The summed E-state index contributed by atoms with van der Waals surface area (Å²) in [4.78, 5) is 24.1. The summed E-state index contributed by atoms with van der Waals surface area (Å²) in [7, 11) is 0. The SMILES string of the molecule is Cc1nc(CC(=O)N2CCC[C@H](c3cccc(Cc4ccccc4Cl)n3)C2)cs1. The largest absolute Gasteiger partial charge is 0.342 e. The Kier molecular flexibility index (Phi) is 6.26. The number of benzene rings is 1. The lowest BCUT2D eigenvalue weighted by atomic mass is 9.93. The minimum Gasteiger partial charge on any atom is -0.342 e. The Bertz CT molecular complexity index is 1000. The van der Waals surface area contributed by atoms with E-state index in [1.165, 1.54) is 0 Å². The third kappa shape index (κ3) is 5.03. The molecule has 1 aliphatic heterocycles. The van der Waals surface area contributed by atoms with Crippen LogP contribution < -0.4 is 0 Å². The van der Waals surface area contributed by atoms with Crippen molar-refractivity contribution in [3.63, 3.8) is 0 Å². The smallest absolute Gasteiger partial charge is 0.228 e. The van der Waals surface area contributed by atoms with Crippen molar-refractivity contribution in [3.05, 3.63) is 80.5 Å². The van der Waals surface area contributed by atoms with E-state index in [1.54, 1.807) is 11.3 Å². The molecule has 3 aromatic rings. The van der Waals surface area contributed by atoms with Gasteiger partial charge < -0.3 is 4.90 Å². The number of thiazole rings is 1. The highest BCUT2D eigenvalue weighted by molar-refractivity contribution is 7.09. The number of likely N-dealkylation sites (tertiary alicyclic amines) is 1. The second kappa shape index (κ2) is 9.06. The van der Waals surface area contributed by atoms with Gasteiger partial charge in [-0.15, -0.1) is 11.3 Å². The van der Waals surface area contributed by atoms with Crippen molar-refractivity contribution in [2.75, 3.05) is 13.1 Å². The van der Waals surface area contributed by atoms with Crippen LogP contribution in [0.4, 0.5) is 0 Å². The van der Waals surface area contributed by atoms with Gasteiger partial charge in [0.1, 0.15) is 0 Å². The maximum Gasteiger partial charge on any atom is 0.228 e. The molecule has 4 nitrogen and oxygen atoms in total. The van der Waals surface area contributed by atoms with Gasteiger partial charge in [0.2, 0.25) is 5.91 Å². The van der Waals surface area contributed by atoms with Crippen LogP contribution in [-0.2, 0) is 17.6 Å². The van der Waals surface area contributed by atoms with Crippen LogP contribution in [0.25, 0.3) is 0 Å². The zero-order chi connectivity index (χ0) is 20.2. The number of halogens is 1. The first kappa shape index (κ1) is 20.0. The molecular weight excluding hydrogens is 402 g/mol. The Balaban J connectivity index is 1.44. The first-order valence-corrected chi connectivity index (χ1v) is 11.2. The summed E-state index contributed by atoms with van der Waals surface area (Å²) in [6.45, 7) is 3.51. The normalized spacial score (nSPS) is 16.8. The summed E-state index contributed by atoms with van der Waals surface area (Å²) in [6.07, 6.45) is 3.16. The van der Waals surface area contributed by atoms with Gasteiger partial charge in [0.25, 0.3) is 0 Å². The van der Waals surface area contributed by atoms with E-state index in [1.807, 2.05) is 47.5 Å². The number of carbonyl (C=O) groups excluding carboxylic acids is 1. The van der Waals surface area contributed by atoms with Crippen molar-refractivity contribution in [1.82, 2.24) is 14.9 Å². The molecule has 6 heteroatoms. The lowest BCUT2D eigenvalue weighted by molar-refractivity contribution is -0.131. The van der Waals surface area contributed by atoms with Gasteiger partial charge in [0, 0.05) is 47.2 Å². The monoisotopic (exact) mass is 425 g/mol. The molecule has 29 heavy (non-hydrogen) atoms. The number of pyridine rings is 1. The highest BCUT2D eigenvalue weighted by Gasteiger charge is 2.26. The van der Waals surface area contributed by atoms with Gasteiger partial charge in [0.05, 0.1) is 17.1 Å². The lowest BCUT2D eigenvalue weighted by Crippen LogP contribution is -2.40. The highest BCUT2D eigenvalue weighted by Crippen LogP contribution is 2.27. The topological polar surface area (TPSA) is 46.1 Å². The minimum atomic E-state index is 0.159. The molecule has 0 aliphatic carbocycles. The van der Waals surface area contributed by atoms with Crippen LogP contribution in [0.1, 0.15) is 46.4 Å². The Hall–Kier alpha value is -2.24. The molecule has 0 unspecified atom stereocenters. The van der Waals surface area contributed by atoms with Gasteiger partial charge in [-0.25, -0.2) is 4.98 Å². The molecule has 4 rings (SSSR count). The van der Waals surface area contributed by atoms with Crippen molar-refractivity contribution in [3.8, 4) is 0 Å². The molecule has 1 fully saturated rings. The number of aryl methyl sites for hydroxylation is 1. The maximum absolute atomic E-state index is 12.8. The number of nitrogens with zero attached hydrogens (tertiary/aromatic N) is 3. The average Bonchev–Trinajstić information content (AvgIpc) is 3.14. The van der Waals surface area contributed by atoms with Crippen LogP contribution in [0.2, 0.25) is 5.02 Å². The molecule has 1 aromatic carbocycles. The molecule has 0 radical (unpaired) electrons. The molecule has 1 saturated heterocycles. The van der Waals surface area contributed by atoms with E-state index in [9.17, 15) is 4.79 Å². The van der Waals surface area contributed by atoms with Gasteiger partial charge in [0.15, 0.2) is 0 Å². The Labute approximate surface area is 180 Å².